The van der Waals surface area contributed by atoms with Gasteiger partial charge >= 0.3 is 0 Å². The van der Waals surface area contributed by atoms with Gasteiger partial charge in [-0.15, -0.1) is 0 Å². The molecule has 0 unspecified atom stereocenters. The van der Waals surface area contributed by atoms with Crippen molar-refractivity contribution >= 4 is 16.8 Å². The second kappa shape index (κ2) is 6.92. The third-order valence-electron chi connectivity index (χ3n) is 4.02. The number of aliphatic hydroxyl groups is 1. The molecule has 7 nitrogen and oxygen atoms in total. The molecule has 0 aliphatic carbocycles. The molecule has 128 valence electrons. The molecule has 1 aromatic heterocycles. The van der Waals surface area contributed by atoms with Crippen LogP contribution in [0.5, 0.6) is 11.5 Å². The quantitative estimate of drug-likeness (QED) is 0.834. The van der Waals surface area contributed by atoms with Gasteiger partial charge in [0, 0.05) is 36.6 Å². The number of aromatic amines is 1. The van der Waals surface area contributed by atoms with Gasteiger partial charge in [-0.3, -0.25) is 9.59 Å². The molecular weight excluding hydrogens is 312 g/mol. The van der Waals surface area contributed by atoms with E-state index in [0.29, 0.717) is 42.0 Å². The Hall–Kier alpha value is -2.54. The maximum absolute atomic E-state index is 12.3. The van der Waals surface area contributed by atoms with Crippen LogP contribution in [0.15, 0.2) is 23.0 Å². The maximum Gasteiger partial charge on any atom is 0.253 e. The molecule has 0 radical (unpaired) electrons. The summed E-state index contributed by atoms with van der Waals surface area (Å²) in [5.74, 6) is 1.20. The summed E-state index contributed by atoms with van der Waals surface area (Å²) in [6.45, 7) is 2.58. The van der Waals surface area contributed by atoms with Crippen LogP contribution in [0.4, 0.5) is 0 Å². The number of nitrogens with one attached hydrogen (secondary N) is 1. The molecule has 3 rings (SSSR count). The lowest BCUT2D eigenvalue weighted by Crippen LogP contribution is -2.33. The standard InChI is InChI=1S/C17H20N2O5/c1-2-16(21)19(4-3-5-20)9-12-6-11-7-14-15(24-10-23-14)8-13(11)18-17(12)22/h6-8,20H,2-5,9-10H2,1H3,(H,18,22). The van der Waals surface area contributed by atoms with E-state index in [9.17, 15) is 9.59 Å². The molecule has 0 saturated heterocycles. The summed E-state index contributed by atoms with van der Waals surface area (Å²) in [5, 5.41) is 9.81. The molecule has 2 aromatic rings. The summed E-state index contributed by atoms with van der Waals surface area (Å²) in [5.41, 5.74) is 0.928. The molecule has 0 bridgehead atoms. The first-order chi connectivity index (χ1) is 11.6. The van der Waals surface area contributed by atoms with Crippen LogP contribution in [0.2, 0.25) is 0 Å². The predicted octanol–water partition coefficient (Wildman–Crippen LogP) is 1.38. The van der Waals surface area contributed by atoms with E-state index in [2.05, 4.69) is 4.98 Å². The van der Waals surface area contributed by atoms with Gasteiger partial charge < -0.3 is 24.5 Å². The molecule has 0 saturated carbocycles. The van der Waals surface area contributed by atoms with E-state index in [1.807, 2.05) is 6.07 Å². The van der Waals surface area contributed by atoms with Crippen LogP contribution in [-0.4, -0.2) is 40.8 Å². The lowest BCUT2D eigenvalue weighted by Gasteiger charge is -2.21. The number of ether oxygens (including phenoxy) is 2. The number of H-pyrrole nitrogens is 1. The Balaban J connectivity index is 1.93. The Morgan fingerprint density at radius 1 is 1.29 bits per heavy atom. The maximum atomic E-state index is 12.3. The van der Waals surface area contributed by atoms with E-state index < -0.39 is 0 Å². The second-order valence-corrected chi connectivity index (χ2v) is 5.66. The van der Waals surface area contributed by atoms with Gasteiger partial charge in [0.2, 0.25) is 12.7 Å². The number of nitrogens with zero attached hydrogens (tertiary/aromatic N) is 1. The Labute approximate surface area is 138 Å². The van der Waals surface area contributed by atoms with Crippen LogP contribution < -0.4 is 15.0 Å². The molecule has 2 heterocycles. The van der Waals surface area contributed by atoms with Crippen LogP contribution in [0.1, 0.15) is 25.3 Å². The number of fused-ring (bicyclic) bond motifs is 2. The van der Waals surface area contributed by atoms with Crippen molar-refractivity contribution in [3.05, 3.63) is 34.1 Å². The largest absolute Gasteiger partial charge is 0.454 e. The van der Waals surface area contributed by atoms with E-state index >= 15 is 0 Å². The summed E-state index contributed by atoms with van der Waals surface area (Å²) < 4.78 is 10.7. The van der Waals surface area contributed by atoms with E-state index in [0.717, 1.165) is 5.39 Å². The van der Waals surface area contributed by atoms with Gasteiger partial charge in [-0.25, -0.2) is 0 Å². The average Bonchev–Trinajstić information content (AvgIpc) is 3.03. The van der Waals surface area contributed by atoms with Gasteiger partial charge in [0.05, 0.1) is 12.1 Å². The van der Waals surface area contributed by atoms with Gasteiger partial charge in [0.1, 0.15) is 0 Å². The zero-order valence-electron chi connectivity index (χ0n) is 13.5. The van der Waals surface area contributed by atoms with Crippen LogP contribution in [0.25, 0.3) is 10.9 Å². The van der Waals surface area contributed by atoms with Crippen molar-refractivity contribution in [2.24, 2.45) is 0 Å². The van der Waals surface area contributed by atoms with E-state index in [4.69, 9.17) is 14.6 Å². The summed E-state index contributed by atoms with van der Waals surface area (Å²) in [7, 11) is 0. The van der Waals surface area contributed by atoms with Crippen LogP contribution >= 0.6 is 0 Å². The fourth-order valence-electron chi connectivity index (χ4n) is 2.74. The normalized spacial score (nSPS) is 12.6. The van der Waals surface area contributed by atoms with Crippen LogP contribution in [0.3, 0.4) is 0 Å². The molecule has 1 aromatic carbocycles. The first-order valence-electron chi connectivity index (χ1n) is 7.96. The van der Waals surface area contributed by atoms with Crippen molar-refractivity contribution in [2.45, 2.75) is 26.3 Å². The second-order valence-electron chi connectivity index (χ2n) is 5.66. The van der Waals surface area contributed by atoms with Gasteiger partial charge in [-0.2, -0.15) is 0 Å². The van der Waals surface area contributed by atoms with E-state index in [1.165, 1.54) is 0 Å². The molecule has 0 spiro atoms. The third-order valence-corrected chi connectivity index (χ3v) is 4.02. The molecular formula is C17H20N2O5. The first kappa shape index (κ1) is 16.3. The van der Waals surface area contributed by atoms with Crippen molar-refractivity contribution in [1.29, 1.82) is 0 Å². The number of carbonyl (C=O) groups excluding carboxylic acids is 1. The Kier molecular flexibility index (Phi) is 4.71. The van der Waals surface area contributed by atoms with Crippen molar-refractivity contribution in [1.82, 2.24) is 9.88 Å². The molecule has 1 amide bonds. The Morgan fingerprint density at radius 3 is 2.75 bits per heavy atom. The Bertz CT molecular complexity index is 814. The number of amides is 1. The highest BCUT2D eigenvalue weighted by Gasteiger charge is 2.17. The number of rotatable bonds is 6. The molecule has 0 atom stereocenters. The Morgan fingerprint density at radius 2 is 2.04 bits per heavy atom. The highest BCUT2D eigenvalue weighted by Crippen LogP contribution is 2.35. The van der Waals surface area contributed by atoms with Gasteiger partial charge in [0.25, 0.3) is 5.56 Å². The zero-order chi connectivity index (χ0) is 17.1. The summed E-state index contributed by atoms with van der Waals surface area (Å²) in [4.78, 5) is 28.8. The number of carbonyl (C=O) groups is 1. The van der Waals surface area contributed by atoms with Gasteiger partial charge in [-0.1, -0.05) is 6.92 Å². The smallest absolute Gasteiger partial charge is 0.253 e. The minimum Gasteiger partial charge on any atom is -0.454 e. The molecule has 24 heavy (non-hydrogen) atoms. The highest BCUT2D eigenvalue weighted by molar-refractivity contribution is 5.83. The van der Waals surface area contributed by atoms with Crippen molar-refractivity contribution in [2.75, 3.05) is 19.9 Å². The summed E-state index contributed by atoms with van der Waals surface area (Å²) in [6.07, 6.45) is 0.839. The van der Waals surface area contributed by atoms with E-state index in [1.54, 1.807) is 24.0 Å². The minimum atomic E-state index is -0.237. The number of pyridine rings is 1. The number of benzene rings is 1. The number of aromatic nitrogens is 1. The molecule has 1 aliphatic heterocycles. The van der Waals surface area contributed by atoms with Crippen LogP contribution in [-0.2, 0) is 11.3 Å². The SMILES string of the molecule is CCC(=O)N(CCCO)Cc1cc2cc3c(cc2[nH]c1=O)OCO3. The molecule has 1 aliphatic rings. The predicted molar refractivity (Wildman–Crippen MR) is 88.1 cm³/mol. The van der Waals surface area contributed by atoms with Crippen LogP contribution in [0, 0.1) is 0 Å². The lowest BCUT2D eigenvalue weighted by atomic mass is 10.1. The van der Waals surface area contributed by atoms with E-state index in [-0.39, 0.29) is 31.4 Å². The highest BCUT2D eigenvalue weighted by atomic mass is 16.7. The first-order valence-corrected chi connectivity index (χ1v) is 7.96. The van der Waals surface area contributed by atoms with Crippen molar-refractivity contribution < 1.29 is 19.4 Å². The van der Waals surface area contributed by atoms with Crippen molar-refractivity contribution in [3.8, 4) is 11.5 Å². The zero-order valence-corrected chi connectivity index (χ0v) is 13.5. The third kappa shape index (κ3) is 3.21. The van der Waals surface area contributed by atoms with Gasteiger partial charge in [0.15, 0.2) is 11.5 Å². The molecule has 2 N–H and O–H groups in total. The van der Waals surface area contributed by atoms with Crippen molar-refractivity contribution in [3.63, 3.8) is 0 Å². The fraction of sp³-hybridized carbons (Fsp3) is 0.412. The number of hydrogen-bond acceptors (Lipinski definition) is 5. The topological polar surface area (TPSA) is 91.9 Å². The number of hydrogen-bond donors (Lipinski definition) is 2. The molecule has 7 heteroatoms. The van der Waals surface area contributed by atoms with Gasteiger partial charge in [-0.05, 0) is 18.6 Å². The molecule has 0 fully saturated rings. The lowest BCUT2D eigenvalue weighted by molar-refractivity contribution is -0.131. The minimum absolute atomic E-state index is 0.00501. The summed E-state index contributed by atoms with van der Waals surface area (Å²) >= 11 is 0. The summed E-state index contributed by atoms with van der Waals surface area (Å²) in [6, 6.07) is 5.32. The monoisotopic (exact) mass is 332 g/mol. The average molecular weight is 332 g/mol. The fourth-order valence-corrected chi connectivity index (χ4v) is 2.74. The number of aliphatic hydroxyl groups excluding tert-OH is 1.